The van der Waals surface area contributed by atoms with E-state index in [-0.39, 0.29) is 23.0 Å². The first kappa shape index (κ1) is 17.5. The first-order chi connectivity index (χ1) is 11.8. The number of aromatic nitrogens is 1. The number of nitrogens with zero attached hydrogens (tertiary/aromatic N) is 2. The maximum absolute atomic E-state index is 14.2. The second-order valence-electron chi connectivity index (χ2n) is 6.26. The van der Waals surface area contributed by atoms with Crippen LogP contribution in [-0.4, -0.2) is 26.7 Å². The summed E-state index contributed by atoms with van der Waals surface area (Å²) in [6, 6.07) is 8.28. The van der Waals surface area contributed by atoms with Crippen molar-refractivity contribution in [3.8, 4) is 5.69 Å². The number of halogens is 1. The van der Waals surface area contributed by atoms with E-state index in [4.69, 9.17) is 0 Å². The minimum Gasteiger partial charge on any atom is -0.315 e. The second-order valence-corrected chi connectivity index (χ2v) is 7.25. The van der Waals surface area contributed by atoms with Gasteiger partial charge in [0.1, 0.15) is 5.82 Å². The number of carbonyl (C=O) groups excluding carboxylic acids is 2. The van der Waals surface area contributed by atoms with Crippen molar-refractivity contribution in [3.63, 3.8) is 0 Å². The molecule has 6 heteroatoms. The van der Waals surface area contributed by atoms with Crippen molar-refractivity contribution in [2.45, 2.75) is 33.7 Å². The lowest BCUT2D eigenvalue weighted by atomic mass is 10.2. The van der Waals surface area contributed by atoms with Gasteiger partial charge in [-0.1, -0.05) is 12.1 Å². The molecule has 130 valence electrons. The third kappa shape index (κ3) is 3.02. The van der Waals surface area contributed by atoms with Gasteiger partial charge >= 0.3 is 0 Å². The quantitative estimate of drug-likeness (QED) is 0.748. The second kappa shape index (κ2) is 6.52. The molecule has 1 saturated heterocycles. The molecule has 3 rings (SSSR count). The highest BCUT2D eigenvalue weighted by Gasteiger charge is 2.36. The van der Waals surface area contributed by atoms with Crippen molar-refractivity contribution >= 4 is 29.0 Å². The van der Waals surface area contributed by atoms with Crippen LogP contribution in [0.4, 0.5) is 9.18 Å². The Morgan fingerprint density at radius 3 is 2.44 bits per heavy atom. The largest absolute Gasteiger partial charge is 0.315 e. The van der Waals surface area contributed by atoms with E-state index in [0.717, 1.165) is 28.7 Å². The molecule has 2 heterocycles. The van der Waals surface area contributed by atoms with Crippen molar-refractivity contribution in [2.24, 2.45) is 0 Å². The van der Waals surface area contributed by atoms with Crippen molar-refractivity contribution in [3.05, 3.63) is 58.0 Å². The maximum Gasteiger partial charge on any atom is 0.293 e. The predicted molar refractivity (Wildman–Crippen MR) is 98.1 cm³/mol. The Morgan fingerprint density at radius 2 is 1.84 bits per heavy atom. The van der Waals surface area contributed by atoms with Crippen molar-refractivity contribution < 1.29 is 14.0 Å². The number of aryl methyl sites for hydroxylation is 1. The van der Waals surface area contributed by atoms with Crippen molar-refractivity contribution in [1.82, 2.24) is 9.47 Å². The van der Waals surface area contributed by atoms with Gasteiger partial charge in [-0.2, -0.15) is 0 Å². The van der Waals surface area contributed by atoms with Crippen LogP contribution in [0.3, 0.4) is 0 Å². The molecular formula is C19H19FN2O2S. The Labute approximate surface area is 150 Å². The summed E-state index contributed by atoms with van der Waals surface area (Å²) >= 11 is 0.943. The van der Waals surface area contributed by atoms with Gasteiger partial charge in [0.2, 0.25) is 0 Å². The summed E-state index contributed by atoms with van der Waals surface area (Å²) in [6.45, 7) is 7.38. The SMILES string of the molecule is Cc1cc(/C=C2\SC(=O)N(C(C)C)C2=O)c(C)n1-c1ccccc1F. The van der Waals surface area contributed by atoms with Gasteiger partial charge in [-0.3, -0.25) is 14.5 Å². The Kier molecular flexibility index (Phi) is 4.56. The minimum atomic E-state index is -0.309. The summed E-state index contributed by atoms with van der Waals surface area (Å²) in [4.78, 5) is 26.1. The lowest BCUT2D eigenvalue weighted by molar-refractivity contribution is -0.123. The van der Waals surface area contributed by atoms with Crippen LogP contribution in [0.15, 0.2) is 35.2 Å². The monoisotopic (exact) mass is 358 g/mol. The third-order valence-electron chi connectivity index (χ3n) is 4.19. The van der Waals surface area contributed by atoms with Crippen LogP contribution in [-0.2, 0) is 4.79 Å². The van der Waals surface area contributed by atoms with E-state index in [1.54, 1.807) is 24.3 Å². The van der Waals surface area contributed by atoms with Gasteiger partial charge in [0.25, 0.3) is 11.1 Å². The number of hydrogen-bond acceptors (Lipinski definition) is 3. The normalized spacial score (nSPS) is 16.6. The smallest absolute Gasteiger partial charge is 0.293 e. The highest BCUT2D eigenvalue weighted by Crippen LogP contribution is 2.34. The Balaban J connectivity index is 2.04. The summed E-state index contributed by atoms with van der Waals surface area (Å²) in [5, 5.41) is -0.255. The fourth-order valence-electron chi connectivity index (χ4n) is 3.00. The summed E-state index contributed by atoms with van der Waals surface area (Å²) < 4.78 is 16.0. The molecule has 0 aliphatic carbocycles. The van der Waals surface area contributed by atoms with Crippen molar-refractivity contribution in [1.29, 1.82) is 0 Å². The van der Waals surface area contributed by atoms with Crippen molar-refractivity contribution in [2.75, 3.05) is 0 Å². The predicted octanol–water partition coefficient (Wildman–Crippen LogP) is 4.68. The molecule has 1 aliphatic rings. The fourth-order valence-corrected chi connectivity index (χ4v) is 3.96. The number of para-hydroxylation sites is 1. The molecule has 1 aromatic heterocycles. The van der Waals surface area contributed by atoms with Gasteiger partial charge in [0.15, 0.2) is 0 Å². The van der Waals surface area contributed by atoms with E-state index in [0.29, 0.717) is 10.6 Å². The number of imide groups is 1. The number of amides is 2. The minimum absolute atomic E-state index is 0.177. The Hall–Kier alpha value is -2.34. The summed E-state index contributed by atoms with van der Waals surface area (Å²) in [5.41, 5.74) is 2.94. The molecule has 2 amide bonds. The van der Waals surface area contributed by atoms with E-state index in [1.807, 2.05) is 38.3 Å². The lowest BCUT2D eigenvalue weighted by Crippen LogP contribution is -2.34. The lowest BCUT2D eigenvalue weighted by Gasteiger charge is -2.16. The Bertz CT molecular complexity index is 899. The molecule has 0 bridgehead atoms. The van der Waals surface area contributed by atoms with E-state index in [9.17, 15) is 14.0 Å². The zero-order chi connectivity index (χ0) is 18.3. The van der Waals surface area contributed by atoms with Crippen LogP contribution in [0.1, 0.15) is 30.8 Å². The van der Waals surface area contributed by atoms with Crippen LogP contribution in [0.5, 0.6) is 0 Å². The van der Waals surface area contributed by atoms with E-state index >= 15 is 0 Å². The van der Waals surface area contributed by atoms with Gasteiger partial charge in [-0.05, 0) is 69.3 Å². The molecule has 0 unspecified atom stereocenters. The molecular weight excluding hydrogens is 339 g/mol. The van der Waals surface area contributed by atoms with E-state index < -0.39 is 0 Å². The molecule has 1 fully saturated rings. The molecule has 0 atom stereocenters. The molecule has 4 nitrogen and oxygen atoms in total. The summed E-state index contributed by atoms with van der Waals surface area (Å²) in [5.74, 6) is -0.586. The molecule has 0 N–H and O–H groups in total. The highest BCUT2D eigenvalue weighted by atomic mass is 32.2. The van der Waals surface area contributed by atoms with Gasteiger partial charge in [-0.15, -0.1) is 0 Å². The third-order valence-corrected chi connectivity index (χ3v) is 5.07. The molecule has 2 aromatic rings. The van der Waals surface area contributed by atoms with Gasteiger partial charge in [0.05, 0.1) is 10.6 Å². The fraction of sp³-hybridized carbons (Fsp3) is 0.263. The number of carbonyl (C=O) groups is 2. The number of hydrogen-bond donors (Lipinski definition) is 0. The summed E-state index contributed by atoms with van der Waals surface area (Å²) in [7, 11) is 0. The van der Waals surface area contributed by atoms with E-state index in [2.05, 4.69) is 0 Å². The number of rotatable bonds is 3. The van der Waals surface area contributed by atoms with Gasteiger partial charge in [-0.25, -0.2) is 4.39 Å². The number of benzene rings is 1. The Morgan fingerprint density at radius 1 is 1.16 bits per heavy atom. The molecule has 1 aliphatic heterocycles. The zero-order valence-electron chi connectivity index (χ0n) is 14.5. The van der Waals surface area contributed by atoms with Crippen LogP contribution >= 0.6 is 11.8 Å². The molecule has 0 radical (unpaired) electrons. The first-order valence-electron chi connectivity index (χ1n) is 8.02. The average Bonchev–Trinajstić information content (AvgIpc) is 2.97. The standard InChI is InChI=1S/C19H19FN2O2S/c1-11(2)21-18(23)17(25-19(21)24)10-14-9-12(3)22(13(14)4)16-8-6-5-7-15(16)20/h5-11H,1-4H3/b17-10-. The van der Waals surface area contributed by atoms with Crippen LogP contribution < -0.4 is 0 Å². The molecule has 1 aromatic carbocycles. The summed E-state index contributed by atoms with van der Waals surface area (Å²) in [6.07, 6.45) is 1.72. The average molecular weight is 358 g/mol. The number of thioether (sulfide) groups is 1. The first-order valence-corrected chi connectivity index (χ1v) is 8.83. The zero-order valence-corrected chi connectivity index (χ0v) is 15.4. The molecule has 0 spiro atoms. The highest BCUT2D eigenvalue weighted by molar-refractivity contribution is 8.18. The van der Waals surface area contributed by atoms with Crippen LogP contribution in [0, 0.1) is 19.7 Å². The van der Waals surface area contributed by atoms with E-state index in [1.165, 1.54) is 11.0 Å². The molecule has 25 heavy (non-hydrogen) atoms. The van der Waals surface area contributed by atoms with Crippen LogP contribution in [0.2, 0.25) is 0 Å². The topological polar surface area (TPSA) is 42.3 Å². The van der Waals surface area contributed by atoms with Gasteiger partial charge < -0.3 is 4.57 Å². The van der Waals surface area contributed by atoms with Crippen LogP contribution in [0.25, 0.3) is 11.8 Å². The molecule has 0 saturated carbocycles. The van der Waals surface area contributed by atoms with Gasteiger partial charge in [0, 0.05) is 17.4 Å². The maximum atomic E-state index is 14.2.